The minimum Gasteiger partial charge on any atom is -0.489 e. The summed E-state index contributed by atoms with van der Waals surface area (Å²) < 4.78 is 7.20. The second-order valence-electron chi connectivity index (χ2n) is 5.75. The van der Waals surface area contributed by atoms with Crippen LogP contribution in [0.4, 0.5) is 0 Å². The molecule has 110 valence electrons. The second-order valence-corrected chi connectivity index (χ2v) is 6.67. The molecular formula is C18H19BrO2. The van der Waals surface area contributed by atoms with Crippen LogP contribution >= 0.6 is 15.9 Å². The summed E-state index contributed by atoms with van der Waals surface area (Å²) in [5.41, 5.74) is -0.269. The summed E-state index contributed by atoms with van der Waals surface area (Å²) in [6.45, 7) is 4.16. The SMILES string of the molecule is CCC1(CC)C(=O)CC1Oc1ccc2cc(Br)ccc2c1. The summed E-state index contributed by atoms with van der Waals surface area (Å²) in [6.07, 6.45) is 2.27. The van der Waals surface area contributed by atoms with E-state index in [1.165, 1.54) is 5.39 Å². The van der Waals surface area contributed by atoms with E-state index in [1.807, 2.05) is 12.1 Å². The number of ketones is 1. The fourth-order valence-electron chi connectivity index (χ4n) is 3.30. The average molecular weight is 347 g/mol. The highest BCUT2D eigenvalue weighted by molar-refractivity contribution is 9.10. The van der Waals surface area contributed by atoms with Gasteiger partial charge >= 0.3 is 0 Å². The third kappa shape index (κ3) is 2.38. The summed E-state index contributed by atoms with van der Waals surface area (Å²) in [5.74, 6) is 1.20. The van der Waals surface area contributed by atoms with Gasteiger partial charge in [0.1, 0.15) is 17.6 Å². The van der Waals surface area contributed by atoms with Crippen LogP contribution in [-0.2, 0) is 4.79 Å². The van der Waals surface area contributed by atoms with Crippen molar-refractivity contribution in [2.24, 2.45) is 5.41 Å². The van der Waals surface area contributed by atoms with Crippen molar-refractivity contribution in [2.45, 2.75) is 39.2 Å². The number of rotatable bonds is 4. The van der Waals surface area contributed by atoms with Gasteiger partial charge in [-0.2, -0.15) is 0 Å². The Kier molecular flexibility index (Phi) is 3.78. The van der Waals surface area contributed by atoms with Gasteiger partial charge in [-0.15, -0.1) is 0 Å². The van der Waals surface area contributed by atoms with Crippen LogP contribution < -0.4 is 4.74 Å². The van der Waals surface area contributed by atoms with Crippen molar-refractivity contribution in [3.63, 3.8) is 0 Å². The maximum absolute atomic E-state index is 12.0. The number of ether oxygens (including phenoxy) is 1. The first-order valence-electron chi connectivity index (χ1n) is 7.48. The molecule has 2 nitrogen and oxygen atoms in total. The van der Waals surface area contributed by atoms with E-state index in [9.17, 15) is 4.79 Å². The lowest BCUT2D eigenvalue weighted by atomic mass is 9.61. The third-order valence-electron chi connectivity index (χ3n) is 4.86. The number of fused-ring (bicyclic) bond motifs is 1. The van der Waals surface area contributed by atoms with Crippen molar-refractivity contribution in [3.8, 4) is 5.75 Å². The molecule has 1 fully saturated rings. The molecule has 2 aromatic carbocycles. The quantitative estimate of drug-likeness (QED) is 0.766. The Morgan fingerprint density at radius 1 is 1.14 bits per heavy atom. The minimum absolute atomic E-state index is 0.0212. The van der Waals surface area contributed by atoms with Crippen LogP contribution in [0.25, 0.3) is 10.8 Å². The molecule has 0 aliphatic heterocycles. The zero-order valence-corrected chi connectivity index (χ0v) is 13.9. The molecule has 0 heterocycles. The van der Waals surface area contributed by atoms with Crippen LogP contribution in [0.2, 0.25) is 0 Å². The van der Waals surface area contributed by atoms with E-state index in [4.69, 9.17) is 4.74 Å². The standard InChI is InChI=1S/C18H19BrO2/c1-3-18(4-2)16(20)11-17(18)21-15-8-6-12-9-14(19)7-5-13(12)10-15/h5-10,17H,3-4,11H2,1-2H3. The monoisotopic (exact) mass is 346 g/mol. The molecule has 0 radical (unpaired) electrons. The van der Waals surface area contributed by atoms with E-state index in [-0.39, 0.29) is 11.5 Å². The Labute approximate surface area is 133 Å². The normalized spacial score (nSPS) is 20.3. The molecule has 0 amide bonds. The molecule has 1 aliphatic carbocycles. The minimum atomic E-state index is -0.269. The molecular weight excluding hydrogens is 328 g/mol. The van der Waals surface area contributed by atoms with Gasteiger partial charge in [0.15, 0.2) is 0 Å². The lowest BCUT2D eigenvalue weighted by molar-refractivity contribution is -0.153. The molecule has 3 rings (SSSR count). The first-order chi connectivity index (χ1) is 10.1. The fraction of sp³-hybridized carbons (Fsp3) is 0.389. The summed E-state index contributed by atoms with van der Waals surface area (Å²) in [6, 6.07) is 12.3. The zero-order valence-electron chi connectivity index (χ0n) is 12.4. The number of halogens is 1. The molecule has 1 atom stereocenters. The summed E-state index contributed by atoms with van der Waals surface area (Å²) >= 11 is 3.48. The Bertz CT molecular complexity index is 689. The van der Waals surface area contributed by atoms with Crippen molar-refractivity contribution in [3.05, 3.63) is 40.9 Å². The average Bonchev–Trinajstić information content (AvgIpc) is 2.48. The van der Waals surface area contributed by atoms with Crippen molar-refractivity contribution in [2.75, 3.05) is 0 Å². The number of carbonyl (C=O) groups is 1. The molecule has 1 unspecified atom stereocenters. The van der Waals surface area contributed by atoms with E-state index >= 15 is 0 Å². The first kappa shape index (κ1) is 14.6. The Morgan fingerprint density at radius 2 is 1.81 bits per heavy atom. The molecule has 0 saturated heterocycles. The summed E-state index contributed by atoms with van der Waals surface area (Å²) in [5, 5.41) is 2.33. The van der Waals surface area contributed by atoms with Crippen LogP contribution in [0.5, 0.6) is 5.75 Å². The first-order valence-corrected chi connectivity index (χ1v) is 8.27. The molecule has 0 bridgehead atoms. The summed E-state index contributed by atoms with van der Waals surface area (Å²) in [4.78, 5) is 12.0. The number of hydrogen-bond donors (Lipinski definition) is 0. The Hall–Kier alpha value is -1.35. The zero-order chi connectivity index (χ0) is 15.0. The van der Waals surface area contributed by atoms with Crippen LogP contribution in [0, 0.1) is 5.41 Å². The predicted molar refractivity (Wildman–Crippen MR) is 88.7 cm³/mol. The second kappa shape index (κ2) is 5.45. The van der Waals surface area contributed by atoms with Gasteiger partial charge in [-0.3, -0.25) is 4.79 Å². The maximum atomic E-state index is 12.0. The number of hydrogen-bond acceptors (Lipinski definition) is 2. The van der Waals surface area contributed by atoms with E-state index in [0.717, 1.165) is 28.5 Å². The molecule has 0 aromatic heterocycles. The molecule has 0 spiro atoms. The lowest BCUT2D eigenvalue weighted by Gasteiger charge is -2.46. The molecule has 21 heavy (non-hydrogen) atoms. The number of carbonyl (C=O) groups excluding carboxylic acids is 1. The van der Waals surface area contributed by atoms with Gasteiger partial charge in [0.05, 0.1) is 5.41 Å². The van der Waals surface area contributed by atoms with E-state index in [0.29, 0.717) is 12.2 Å². The van der Waals surface area contributed by atoms with Gasteiger partial charge in [-0.05, 0) is 47.9 Å². The van der Waals surface area contributed by atoms with Gasteiger partial charge in [0.25, 0.3) is 0 Å². The Balaban J connectivity index is 1.85. The molecule has 1 aliphatic rings. The molecule has 0 N–H and O–H groups in total. The highest BCUT2D eigenvalue weighted by Gasteiger charge is 2.53. The van der Waals surface area contributed by atoms with Crippen LogP contribution in [-0.4, -0.2) is 11.9 Å². The fourth-order valence-corrected chi connectivity index (χ4v) is 3.68. The van der Waals surface area contributed by atoms with Crippen LogP contribution in [0.1, 0.15) is 33.1 Å². The highest BCUT2D eigenvalue weighted by Crippen LogP contribution is 2.45. The molecule has 3 heteroatoms. The molecule has 2 aromatic rings. The molecule has 1 saturated carbocycles. The van der Waals surface area contributed by atoms with Crippen molar-refractivity contribution < 1.29 is 9.53 Å². The number of Topliss-reactive ketones (excluding diaryl/α,β-unsaturated/α-hetero) is 1. The van der Waals surface area contributed by atoms with Gasteiger partial charge in [0.2, 0.25) is 0 Å². The predicted octanol–water partition coefficient (Wildman–Crippen LogP) is 5.13. The van der Waals surface area contributed by atoms with Crippen molar-refractivity contribution >= 4 is 32.5 Å². The van der Waals surface area contributed by atoms with Crippen LogP contribution in [0.3, 0.4) is 0 Å². The highest BCUT2D eigenvalue weighted by atomic mass is 79.9. The van der Waals surface area contributed by atoms with Crippen molar-refractivity contribution in [1.29, 1.82) is 0 Å². The van der Waals surface area contributed by atoms with E-state index < -0.39 is 0 Å². The van der Waals surface area contributed by atoms with Gasteiger partial charge in [-0.1, -0.05) is 41.9 Å². The third-order valence-corrected chi connectivity index (χ3v) is 5.35. The van der Waals surface area contributed by atoms with Crippen molar-refractivity contribution in [1.82, 2.24) is 0 Å². The lowest BCUT2D eigenvalue weighted by Crippen LogP contribution is -2.56. The smallest absolute Gasteiger partial charge is 0.146 e. The van der Waals surface area contributed by atoms with Gasteiger partial charge in [-0.25, -0.2) is 0 Å². The number of benzene rings is 2. The topological polar surface area (TPSA) is 26.3 Å². The largest absolute Gasteiger partial charge is 0.489 e. The van der Waals surface area contributed by atoms with Gasteiger partial charge in [0, 0.05) is 10.9 Å². The van der Waals surface area contributed by atoms with E-state index in [2.05, 4.69) is 54.0 Å². The summed E-state index contributed by atoms with van der Waals surface area (Å²) in [7, 11) is 0. The Morgan fingerprint density at radius 3 is 2.48 bits per heavy atom. The van der Waals surface area contributed by atoms with E-state index in [1.54, 1.807) is 0 Å². The van der Waals surface area contributed by atoms with Gasteiger partial charge < -0.3 is 4.74 Å². The van der Waals surface area contributed by atoms with Crippen LogP contribution in [0.15, 0.2) is 40.9 Å². The maximum Gasteiger partial charge on any atom is 0.146 e.